The van der Waals surface area contributed by atoms with Crippen molar-refractivity contribution in [2.75, 3.05) is 14.2 Å². The van der Waals surface area contributed by atoms with Gasteiger partial charge in [0.2, 0.25) is 5.88 Å². The van der Waals surface area contributed by atoms with Crippen LogP contribution in [0.3, 0.4) is 0 Å². The van der Waals surface area contributed by atoms with Gasteiger partial charge in [0.25, 0.3) is 0 Å². The van der Waals surface area contributed by atoms with Crippen LogP contribution in [0, 0.1) is 12.3 Å². The molecule has 0 fully saturated rings. The normalized spacial score (nSPS) is 11.6. The first-order valence-electron chi connectivity index (χ1n) is 4.03. The summed E-state index contributed by atoms with van der Waals surface area (Å²) < 4.78 is 10.0. The zero-order valence-electron chi connectivity index (χ0n) is 8.15. The molecular formula is C10H12N2O2. The van der Waals surface area contributed by atoms with E-state index in [0.29, 0.717) is 17.3 Å². The molecule has 1 unspecified atom stereocenters. The highest BCUT2D eigenvalue weighted by molar-refractivity contribution is 5.33. The standard InChI is InChI=1S/C10H12N2O2/c1-4-8(11)9-5-7(13-2)6-10(12-9)14-3/h1,5-6,8H,11H2,2-3H3. The highest BCUT2D eigenvalue weighted by Gasteiger charge is 2.08. The molecule has 2 N–H and O–H groups in total. The second-order valence-corrected chi connectivity index (χ2v) is 2.62. The molecule has 74 valence electrons. The Kier molecular flexibility index (Phi) is 3.32. The van der Waals surface area contributed by atoms with Crippen molar-refractivity contribution in [3.63, 3.8) is 0 Å². The number of nitrogens with two attached hydrogens (primary N) is 1. The number of ether oxygens (including phenoxy) is 2. The van der Waals surface area contributed by atoms with Gasteiger partial charge in [0.1, 0.15) is 11.8 Å². The summed E-state index contributed by atoms with van der Waals surface area (Å²) in [7, 11) is 3.08. The summed E-state index contributed by atoms with van der Waals surface area (Å²) in [5.41, 5.74) is 6.19. The third kappa shape index (κ3) is 2.15. The fourth-order valence-corrected chi connectivity index (χ4v) is 0.968. The first-order valence-corrected chi connectivity index (χ1v) is 4.03. The molecule has 0 spiro atoms. The molecule has 0 aromatic carbocycles. The van der Waals surface area contributed by atoms with Crippen molar-refractivity contribution < 1.29 is 9.47 Å². The summed E-state index contributed by atoms with van der Waals surface area (Å²) in [5.74, 6) is 3.45. The lowest BCUT2D eigenvalue weighted by Gasteiger charge is -2.08. The molecule has 1 aromatic rings. The lowest BCUT2D eigenvalue weighted by Crippen LogP contribution is -2.10. The van der Waals surface area contributed by atoms with E-state index in [-0.39, 0.29) is 0 Å². The first kappa shape index (κ1) is 10.4. The van der Waals surface area contributed by atoms with E-state index in [1.54, 1.807) is 19.2 Å². The lowest BCUT2D eigenvalue weighted by atomic mass is 10.2. The van der Waals surface area contributed by atoms with Crippen molar-refractivity contribution in [2.24, 2.45) is 5.73 Å². The SMILES string of the molecule is C#CC(N)c1cc(OC)cc(OC)n1. The molecule has 4 heteroatoms. The number of hydrogen-bond donors (Lipinski definition) is 1. The van der Waals surface area contributed by atoms with Gasteiger partial charge in [0.15, 0.2) is 0 Å². The number of methoxy groups -OCH3 is 2. The van der Waals surface area contributed by atoms with Crippen LogP contribution in [-0.2, 0) is 0 Å². The number of hydrogen-bond acceptors (Lipinski definition) is 4. The average Bonchev–Trinajstić information content (AvgIpc) is 2.27. The van der Waals surface area contributed by atoms with Crippen LogP contribution >= 0.6 is 0 Å². The third-order valence-electron chi connectivity index (χ3n) is 1.74. The monoisotopic (exact) mass is 192 g/mol. The van der Waals surface area contributed by atoms with Gasteiger partial charge in [-0.05, 0) is 0 Å². The van der Waals surface area contributed by atoms with Gasteiger partial charge in [-0.1, -0.05) is 5.92 Å². The van der Waals surface area contributed by atoms with Crippen molar-refractivity contribution in [1.29, 1.82) is 0 Å². The van der Waals surface area contributed by atoms with Crippen molar-refractivity contribution in [3.05, 3.63) is 17.8 Å². The van der Waals surface area contributed by atoms with Gasteiger partial charge < -0.3 is 15.2 Å². The Balaban J connectivity index is 3.12. The number of rotatable bonds is 3. The Morgan fingerprint density at radius 1 is 1.43 bits per heavy atom. The Bertz CT molecular complexity index is 335. The van der Waals surface area contributed by atoms with Crippen LogP contribution in [-0.4, -0.2) is 19.2 Å². The molecule has 0 aliphatic heterocycles. The molecule has 0 saturated heterocycles. The second kappa shape index (κ2) is 4.49. The number of nitrogens with zero attached hydrogens (tertiary/aromatic N) is 1. The van der Waals surface area contributed by atoms with E-state index >= 15 is 0 Å². The zero-order chi connectivity index (χ0) is 10.6. The van der Waals surface area contributed by atoms with Crippen LogP contribution < -0.4 is 15.2 Å². The van der Waals surface area contributed by atoms with Crippen LogP contribution in [0.25, 0.3) is 0 Å². The molecule has 4 nitrogen and oxygen atoms in total. The predicted molar refractivity (Wildman–Crippen MR) is 53.1 cm³/mol. The molecule has 1 rings (SSSR count). The van der Waals surface area contributed by atoms with E-state index in [1.165, 1.54) is 7.11 Å². The van der Waals surface area contributed by atoms with Gasteiger partial charge >= 0.3 is 0 Å². The summed E-state index contributed by atoms with van der Waals surface area (Å²) in [6.45, 7) is 0. The Morgan fingerprint density at radius 2 is 2.14 bits per heavy atom. The van der Waals surface area contributed by atoms with Crippen molar-refractivity contribution in [3.8, 4) is 24.0 Å². The molecule has 0 aliphatic carbocycles. The Labute approximate surface area is 83.0 Å². The molecule has 0 radical (unpaired) electrons. The Hall–Kier alpha value is -1.73. The summed E-state index contributed by atoms with van der Waals surface area (Å²) in [6.07, 6.45) is 5.19. The maximum absolute atomic E-state index is 5.63. The van der Waals surface area contributed by atoms with E-state index in [0.717, 1.165) is 0 Å². The molecular weight excluding hydrogens is 180 g/mol. The highest BCUT2D eigenvalue weighted by atomic mass is 16.5. The van der Waals surface area contributed by atoms with Gasteiger partial charge in [-0.25, -0.2) is 4.98 Å². The van der Waals surface area contributed by atoms with E-state index < -0.39 is 6.04 Å². The minimum absolute atomic E-state index is 0.435. The van der Waals surface area contributed by atoms with Gasteiger partial charge in [-0.2, -0.15) is 0 Å². The van der Waals surface area contributed by atoms with Gasteiger partial charge in [-0.15, -0.1) is 6.42 Å². The van der Waals surface area contributed by atoms with E-state index in [2.05, 4.69) is 10.9 Å². The van der Waals surface area contributed by atoms with E-state index in [1.807, 2.05) is 0 Å². The van der Waals surface area contributed by atoms with Crippen LogP contribution in [0.1, 0.15) is 11.7 Å². The van der Waals surface area contributed by atoms with Crippen molar-refractivity contribution >= 4 is 0 Å². The Morgan fingerprint density at radius 3 is 2.64 bits per heavy atom. The maximum Gasteiger partial charge on any atom is 0.217 e. The van der Waals surface area contributed by atoms with Gasteiger partial charge in [-0.3, -0.25) is 0 Å². The molecule has 0 amide bonds. The fraction of sp³-hybridized carbons (Fsp3) is 0.300. The molecule has 0 saturated carbocycles. The number of terminal acetylenes is 1. The predicted octanol–water partition coefficient (Wildman–Crippen LogP) is 0.732. The average molecular weight is 192 g/mol. The van der Waals surface area contributed by atoms with Crippen molar-refractivity contribution in [1.82, 2.24) is 4.98 Å². The molecule has 1 atom stereocenters. The topological polar surface area (TPSA) is 57.4 Å². The smallest absolute Gasteiger partial charge is 0.217 e. The molecule has 1 heterocycles. The minimum Gasteiger partial charge on any atom is -0.496 e. The summed E-state index contributed by atoms with van der Waals surface area (Å²) >= 11 is 0. The zero-order valence-corrected chi connectivity index (χ0v) is 8.15. The number of pyridine rings is 1. The summed E-state index contributed by atoms with van der Waals surface area (Å²) in [5, 5.41) is 0. The van der Waals surface area contributed by atoms with Gasteiger partial charge in [0.05, 0.1) is 19.9 Å². The summed E-state index contributed by atoms with van der Waals surface area (Å²) in [6, 6.07) is 2.80. The third-order valence-corrected chi connectivity index (χ3v) is 1.74. The summed E-state index contributed by atoms with van der Waals surface area (Å²) in [4.78, 5) is 4.10. The quantitative estimate of drug-likeness (QED) is 0.717. The van der Waals surface area contributed by atoms with Crippen LogP contribution in [0.15, 0.2) is 12.1 Å². The largest absolute Gasteiger partial charge is 0.496 e. The van der Waals surface area contributed by atoms with E-state index in [4.69, 9.17) is 21.6 Å². The lowest BCUT2D eigenvalue weighted by molar-refractivity contribution is 0.380. The first-order chi connectivity index (χ1) is 6.71. The van der Waals surface area contributed by atoms with E-state index in [9.17, 15) is 0 Å². The highest BCUT2D eigenvalue weighted by Crippen LogP contribution is 2.21. The molecule has 0 bridgehead atoms. The van der Waals surface area contributed by atoms with Crippen LogP contribution in [0.5, 0.6) is 11.6 Å². The van der Waals surface area contributed by atoms with Crippen LogP contribution in [0.4, 0.5) is 0 Å². The van der Waals surface area contributed by atoms with Gasteiger partial charge in [0, 0.05) is 12.1 Å². The minimum atomic E-state index is -0.543. The second-order valence-electron chi connectivity index (χ2n) is 2.62. The molecule has 1 aromatic heterocycles. The number of aromatic nitrogens is 1. The van der Waals surface area contributed by atoms with Crippen molar-refractivity contribution in [2.45, 2.75) is 6.04 Å². The maximum atomic E-state index is 5.63. The molecule has 0 aliphatic rings. The van der Waals surface area contributed by atoms with Crippen LogP contribution in [0.2, 0.25) is 0 Å². The molecule has 14 heavy (non-hydrogen) atoms. The fourth-order valence-electron chi connectivity index (χ4n) is 0.968.